The second-order valence-corrected chi connectivity index (χ2v) is 6.13. The van der Waals surface area contributed by atoms with E-state index >= 15 is 0 Å². The summed E-state index contributed by atoms with van der Waals surface area (Å²) in [5.41, 5.74) is 0.00342. The minimum Gasteiger partial charge on any atom is -0.333 e. The van der Waals surface area contributed by atoms with E-state index in [1.165, 1.54) is 24.7 Å². The maximum atomic E-state index is 13.0. The van der Waals surface area contributed by atoms with Crippen LogP contribution in [0.4, 0.5) is 0 Å². The summed E-state index contributed by atoms with van der Waals surface area (Å²) in [5, 5.41) is 0. The van der Waals surface area contributed by atoms with Crippen LogP contribution in [0.3, 0.4) is 0 Å². The molecule has 1 amide bonds. The Balaban J connectivity index is 2.42. The lowest BCUT2D eigenvalue weighted by molar-refractivity contribution is 0.0708. The Hall–Kier alpha value is -2.70. The van der Waals surface area contributed by atoms with Gasteiger partial charge in [0.15, 0.2) is 0 Å². The van der Waals surface area contributed by atoms with Crippen LogP contribution in [0, 0.1) is 0 Å². The van der Waals surface area contributed by atoms with Gasteiger partial charge in [-0.2, -0.15) is 0 Å². The number of unbranched alkanes of at least 4 members (excludes halogenated alkanes) is 1. The van der Waals surface area contributed by atoms with E-state index in [1.807, 2.05) is 12.1 Å². The SMILES string of the molecule is CCCC[C@H](c1cccnc1)N(C)C(=O)c1cc(=O)n(C)c(=O)n1C. The molecule has 134 valence electrons. The summed E-state index contributed by atoms with van der Waals surface area (Å²) in [6, 6.07) is 4.81. The summed E-state index contributed by atoms with van der Waals surface area (Å²) in [7, 11) is 4.58. The molecule has 7 heteroatoms. The van der Waals surface area contributed by atoms with Gasteiger partial charge in [0.25, 0.3) is 11.5 Å². The number of carbonyl (C=O) groups is 1. The third kappa shape index (κ3) is 3.87. The van der Waals surface area contributed by atoms with Crippen molar-refractivity contribution in [2.45, 2.75) is 32.2 Å². The Morgan fingerprint density at radius 1 is 1.28 bits per heavy atom. The molecule has 2 rings (SSSR count). The number of rotatable bonds is 6. The van der Waals surface area contributed by atoms with Crippen LogP contribution in [0.5, 0.6) is 0 Å². The summed E-state index contributed by atoms with van der Waals surface area (Å²) >= 11 is 0. The van der Waals surface area contributed by atoms with Crippen molar-refractivity contribution in [1.29, 1.82) is 0 Å². The van der Waals surface area contributed by atoms with Crippen LogP contribution >= 0.6 is 0 Å². The minimum atomic E-state index is -0.518. The Morgan fingerprint density at radius 2 is 2.00 bits per heavy atom. The molecule has 2 aromatic heterocycles. The van der Waals surface area contributed by atoms with Crippen molar-refractivity contribution in [3.8, 4) is 0 Å². The van der Waals surface area contributed by atoms with Gasteiger partial charge in [0.1, 0.15) is 5.69 Å². The molecule has 0 bridgehead atoms. The van der Waals surface area contributed by atoms with Crippen molar-refractivity contribution < 1.29 is 4.79 Å². The zero-order valence-electron chi connectivity index (χ0n) is 15.1. The Bertz CT molecular complexity index is 855. The number of pyridine rings is 1. The van der Waals surface area contributed by atoms with Gasteiger partial charge in [-0.15, -0.1) is 0 Å². The van der Waals surface area contributed by atoms with Gasteiger partial charge in [-0.1, -0.05) is 25.8 Å². The van der Waals surface area contributed by atoms with Gasteiger partial charge in [-0.05, 0) is 18.1 Å². The molecule has 2 aromatic rings. The number of hydrogen-bond acceptors (Lipinski definition) is 4. The zero-order chi connectivity index (χ0) is 18.6. The van der Waals surface area contributed by atoms with Gasteiger partial charge in [0.05, 0.1) is 6.04 Å². The van der Waals surface area contributed by atoms with Crippen LogP contribution in [0.25, 0.3) is 0 Å². The van der Waals surface area contributed by atoms with Crippen molar-refractivity contribution in [3.63, 3.8) is 0 Å². The smallest absolute Gasteiger partial charge is 0.331 e. The maximum Gasteiger partial charge on any atom is 0.331 e. The average Bonchev–Trinajstić information content (AvgIpc) is 2.63. The number of hydrogen-bond donors (Lipinski definition) is 0. The summed E-state index contributed by atoms with van der Waals surface area (Å²) in [4.78, 5) is 42.7. The Kier molecular flexibility index (Phi) is 5.90. The van der Waals surface area contributed by atoms with E-state index in [9.17, 15) is 14.4 Å². The first kappa shape index (κ1) is 18.6. The first-order valence-electron chi connectivity index (χ1n) is 8.32. The van der Waals surface area contributed by atoms with E-state index < -0.39 is 11.2 Å². The molecule has 0 aromatic carbocycles. The third-order valence-electron chi connectivity index (χ3n) is 4.43. The average molecular weight is 344 g/mol. The molecule has 0 aliphatic carbocycles. The van der Waals surface area contributed by atoms with Crippen LogP contribution < -0.4 is 11.2 Å². The van der Waals surface area contributed by atoms with Crippen molar-refractivity contribution in [2.75, 3.05) is 7.05 Å². The van der Waals surface area contributed by atoms with Crippen molar-refractivity contribution >= 4 is 5.91 Å². The molecular weight excluding hydrogens is 320 g/mol. The van der Waals surface area contributed by atoms with Crippen LogP contribution in [0.1, 0.15) is 48.3 Å². The lowest BCUT2D eigenvalue weighted by atomic mass is 10.0. The standard InChI is InChI=1S/C18H24N4O3/c1-5-6-9-14(13-8-7-10-19-12-13)20(2)17(24)15-11-16(23)22(4)18(25)21(15)3/h7-8,10-12,14H,5-6,9H2,1-4H3/t14-/m1/s1. The van der Waals surface area contributed by atoms with Gasteiger partial charge in [0, 0.05) is 39.6 Å². The monoisotopic (exact) mass is 344 g/mol. The first-order chi connectivity index (χ1) is 11.9. The Labute approximate surface area is 146 Å². The first-order valence-corrected chi connectivity index (χ1v) is 8.32. The summed E-state index contributed by atoms with van der Waals surface area (Å²) in [5.74, 6) is -0.359. The number of carbonyl (C=O) groups excluding carboxylic acids is 1. The predicted octanol–water partition coefficient (Wildman–Crippen LogP) is 1.48. The van der Waals surface area contributed by atoms with E-state index in [0.717, 1.165) is 29.4 Å². The largest absolute Gasteiger partial charge is 0.333 e. The van der Waals surface area contributed by atoms with E-state index in [-0.39, 0.29) is 17.6 Å². The van der Waals surface area contributed by atoms with Crippen LogP contribution in [-0.2, 0) is 14.1 Å². The summed E-state index contributed by atoms with van der Waals surface area (Å²) in [6.07, 6.45) is 6.17. The lowest BCUT2D eigenvalue weighted by Crippen LogP contribution is -2.42. The molecule has 25 heavy (non-hydrogen) atoms. The highest BCUT2D eigenvalue weighted by Gasteiger charge is 2.25. The fraction of sp³-hybridized carbons (Fsp3) is 0.444. The molecule has 2 heterocycles. The second kappa shape index (κ2) is 7.92. The highest BCUT2D eigenvalue weighted by Crippen LogP contribution is 2.25. The summed E-state index contributed by atoms with van der Waals surface area (Å²) in [6.45, 7) is 2.09. The molecule has 0 unspecified atom stereocenters. The van der Waals surface area contributed by atoms with E-state index in [2.05, 4.69) is 11.9 Å². The van der Waals surface area contributed by atoms with Gasteiger partial charge < -0.3 is 4.90 Å². The van der Waals surface area contributed by atoms with Crippen LogP contribution in [0.2, 0.25) is 0 Å². The molecule has 0 radical (unpaired) electrons. The predicted molar refractivity (Wildman–Crippen MR) is 95.5 cm³/mol. The molecule has 0 fully saturated rings. The maximum absolute atomic E-state index is 13.0. The lowest BCUT2D eigenvalue weighted by Gasteiger charge is -2.29. The van der Waals surface area contributed by atoms with Gasteiger partial charge in [-0.25, -0.2) is 4.79 Å². The minimum absolute atomic E-state index is 0.0842. The molecule has 0 saturated heterocycles. The molecule has 0 N–H and O–H groups in total. The second-order valence-electron chi connectivity index (χ2n) is 6.13. The number of aromatic nitrogens is 3. The van der Waals surface area contributed by atoms with Crippen LogP contribution in [0.15, 0.2) is 40.2 Å². The van der Waals surface area contributed by atoms with Crippen LogP contribution in [-0.4, -0.2) is 32.0 Å². The van der Waals surface area contributed by atoms with Crippen molar-refractivity contribution in [2.24, 2.45) is 14.1 Å². The fourth-order valence-corrected chi connectivity index (χ4v) is 2.81. The molecule has 0 saturated carbocycles. The quantitative estimate of drug-likeness (QED) is 0.795. The van der Waals surface area contributed by atoms with E-state index in [4.69, 9.17) is 0 Å². The van der Waals surface area contributed by atoms with Gasteiger partial charge in [0.2, 0.25) is 0 Å². The van der Waals surface area contributed by atoms with E-state index in [1.54, 1.807) is 24.3 Å². The van der Waals surface area contributed by atoms with Gasteiger partial charge >= 0.3 is 5.69 Å². The number of amides is 1. The highest BCUT2D eigenvalue weighted by atomic mass is 16.2. The topological polar surface area (TPSA) is 77.2 Å². The summed E-state index contributed by atoms with van der Waals surface area (Å²) < 4.78 is 2.19. The third-order valence-corrected chi connectivity index (χ3v) is 4.43. The van der Waals surface area contributed by atoms with Crippen molar-refractivity contribution in [3.05, 3.63) is 62.7 Å². The van der Waals surface area contributed by atoms with Crippen molar-refractivity contribution in [1.82, 2.24) is 19.0 Å². The zero-order valence-corrected chi connectivity index (χ0v) is 15.1. The highest BCUT2D eigenvalue weighted by molar-refractivity contribution is 5.92. The molecule has 1 atom stereocenters. The van der Waals surface area contributed by atoms with Gasteiger partial charge in [-0.3, -0.25) is 23.7 Å². The van der Waals surface area contributed by atoms with E-state index in [0.29, 0.717) is 0 Å². The normalized spacial score (nSPS) is 12.0. The molecule has 0 spiro atoms. The fourth-order valence-electron chi connectivity index (χ4n) is 2.81. The number of nitrogens with zero attached hydrogens (tertiary/aromatic N) is 4. The molecule has 0 aliphatic heterocycles. The molecule has 0 aliphatic rings. The molecular formula is C18H24N4O3. The Morgan fingerprint density at radius 3 is 2.60 bits per heavy atom. The molecule has 7 nitrogen and oxygen atoms in total.